The summed E-state index contributed by atoms with van der Waals surface area (Å²) in [5.74, 6) is -4.64. The smallest absolute Gasteiger partial charge is 0.204 e. The molecule has 0 aliphatic carbocycles. The minimum absolute atomic E-state index is 0.0420. The van der Waals surface area contributed by atoms with E-state index in [4.69, 9.17) is 0 Å². The minimum Gasteiger partial charge on any atom is -0.204 e. The molecule has 0 bridgehead atoms. The van der Waals surface area contributed by atoms with Crippen molar-refractivity contribution in [3.05, 3.63) is 0 Å². The molecule has 0 aromatic rings. The van der Waals surface area contributed by atoms with E-state index in [9.17, 15) is 17.6 Å². The Morgan fingerprint density at radius 1 is 1.27 bits per heavy atom. The lowest BCUT2D eigenvalue weighted by Gasteiger charge is -2.15. The second kappa shape index (κ2) is 4.18. The van der Waals surface area contributed by atoms with E-state index >= 15 is 0 Å². The van der Waals surface area contributed by atoms with Gasteiger partial charge in [-0.1, -0.05) is 13.8 Å². The van der Waals surface area contributed by atoms with Crippen molar-refractivity contribution in [3.8, 4) is 0 Å². The second-order valence-electron chi connectivity index (χ2n) is 2.42. The van der Waals surface area contributed by atoms with Gasteiger partial charge in [-0.15, -0.1) is 0 Å². The maximum absolute atomic E-state index is 12.1. The van der Waals surface area contributed by atoms with Crippen LogP contribution in [0.4, 0.5) is 17.6 Å². The molecule has 0 radical (unpaired) electrons. The van der Waals surface area contributed by atoms with Gasteiger partial charge in [0.05, 0.1) is 5.75 Å². The highest BCUT2D eigenvalue weighted by Crippen LogP contribution is 2.28. The Kier molecular flexibility index (Phi) is 4.21. The van der Waals surface area contributed by atoms with Crippen molar-refractivity contribution < 1.29 is 17.6 Å². The van der Waals surface area contributed by atoms with E-state index in [1.54, 1.807) is 13.8 Å². The van der Waals surface area contributed by atoms with E-state index in [1.165, 1.54) is 0 Å². The van der Waals surface area contributed by atoms with Crippen LogP contribution < -0.4 is 0 Å². The molecule has 0 spiro atoms. The lowest BCUT2D eigenvalue weighted by Crippen LogP contribution is -2.29. The van der Waals surface area contributed by atoms with Gasteiger partial charge in [0.2, 0.25) is 0 Å². The highest BCUT2D eigenvalue weighted by molar-refractivity contribution is 7.99. The normalized spacial score (nSPS) is 13.1. The van der Waals surface area contributed by atoms with E-state index in [0.29, 0.717) is 0 Å². The lowest BCUT2D eigenvalue weighted by atomic mass is 10.4. The molecule has 11 heavy (non-hydrogen) atoms. The SMILES string of the molecule is CC(C)SCC(F)(F)C(F)F. The molecule has 0 amide bonds. The molecule has 0 aromatic heterocycles. The minimum atomic E-state index is -3.84. The zero-order chi connectivity index (χ0) is 9.07. The zero-order valence-corrected chi connectivity index (χ0v) is 7.10. The fourth-order valence-electron chi connectivity index (χ4n) is 0.341. The molecule has 0 aromatic carbocycles. The summed E-state index contributed by atoms with van der Waals surface area (Å²) < 4.78 is 47.3. The van der Waals surface area contributed by atoms with Crippen molar-refractivity contribution in [2.45, 2.75) is 31.4 Å². The molecule has 0 heterocycles. The summed E-state index contributed by atoms with van der Waals surface area (Å²) in [7, 11) is 0. The molecule has 68 valence electrons. The van der Waals surface area contributed by atoms with Crippen molar-refractivity contribution in [3.63, 3.8) is 0 Å². The Morgan fingerprint density at radius 2 is 1.73 bits per heavy atom. The van der Waals surface area contributed by atoms with Crippen LogP contribution in [0.2, 0.25) is 0 Å². The third-order valence-electron chi connectivity index (χ3n) is 0.928. The monoisotopic (exact) mass is 190 g/mol. The largest absolute Gasteiger partial charge is 0.316 e. The second-order valence-corrected chi connectivity index (χ2v) is 3.99. The van der Waals surface area contributed by atoms with Gasteiger partial charge in [-0.3, -0.25) is 0 Å². The quantitative estimate of drug-likeness (QED) is 0.614. The Morgan fingerprint density at radius 3 is 2.00 bits per heavy atom. The highest BCUT2D eigenvalue weighted by atomic mass is 32.2. The third kappa shape index (κ3) is 4.50. The highest BCUT2D eigenvalue weighted by Gasteiger charge is 2.40. The van der Waals surface area contributed by atoms with Crippen LogP contribution in [0, 0.1) is 0 Å². The van der Waals surface area contributed by atoms with Gasteiger partial charge in [0, 0.05) is 0 Å². The predicted octanol–water partition coefficient (Wildman–Crippen LogP) is 3.03. The van der Waals surface area contributed by atoms with Crippen LogP contribution in [0.1, 0.15) is 13.8 Å². The lowest BCUT2D eigenvalue weighted by molar-refractivity contribution is -0.110. The van der Waals surface area contributed by atoms with Crippen LogP contribution in [0.5, 0.6) is 0 Å². The predicted molar refractivity (Wildman–Crippen MR) is 38.5 cm³/mol. The molecule has 0 aliphatic rings. The van der Waals surface area contributed by atoms with Crippen molar-refractivity contribution in [2.24, 2.45) is 0 Å². The molecular formula is C6H10F4S. The maximum Gasteiger partial charge on any atom is 0.316 e. The maximum atomic E-state index is 12.1. The van der Waals surface area contributed by atoms with E-state index in [-0.39, 0.29) is 5.25 Å². The van der Waals surface area contributed by atoms with Gasteiger partial charge < -0.3 is 0 Å². The van der Waals surface area contributed by atoms with Crippen LogP contribution >= 0.6 is 11.8 Å². The molecule has 0 fully saturated rings. The van der Waals surface area contributed by atoms with Gasteiger partial charge in [0.15, 0.2) is 0 Å². The first-order valence-electron chi connectivity index (χ1n) is 3.14. The van der Waals surface area contributed by atoms with Gasteiger partial charge >= 0.3 is 12.3 Å². The fourth-order valence-corrected chi connectivity index (χ4v) is 1.02. The Balaban J connectivity index is 3.73. The van der Waals surface area contributed by atoms with Gasteiger partial charge in [-0.25, -0.2) is 8.78 Å². The molecule has 0 N–H and O–H groups in total. The molecular weight excluding hydrogens is 180 g/mol. The van der Waals surface area contributed by atoms with E-state index < -0.39 is 18.1 Å². The zero-order valence-electron chi connectivity index (χ0n) is 6.28. The Bertz CT molecular complexity index is 113. The molecule has 0 nitrogen and oxygen atoms in total. The summed E-state index contributed by atoms with van der Waals surface area (Å²) in [6, 6.07) is 0. The Hall–Kier alpha value is 0.0700. The van der Waals surface area contributed by atoms with Crippen LogP contribution in [0.3, 0.4) is 0 Å². The average molecular weight is 190 g/mol. The standard InChI is InChI=1S/C6H10F4S/c1-4(2)11-3-6(9,10)5(7)8/h4-5H,3H2,1-2H3. The summed E-state index contributed by atoms with van der Waals surface area (Å²) in [5, 5.41) is -0.0420. The number of hydrogen-bond acceptors (Lipinski definition) is 1. The van der Waals surface area contributed by atoms with Crippen LogP contribution in [0.15, 0.2) is 0 Å². The topological polar surface area (TPSA) is 0 Å². The first-order chi connectivity index (χ1) is 4.86. The van der Waals surface area contributed by atoms with E-state index in [1.807, 2.05) is 0 Å². The summed E-state index contributed by atoms with van der Waals surface area (Å²) >= 11 is 0.837. The Labute approximate surface area is 67.3 Å². The molecule has 0 saturated heterocycles. The summed E-state index contributed by atoms with van der Waals surface area (Å²) in [6.45, 7) is 3.37. The number of thioether (sulfide) groups is 1. The number of alkyl halides is 4. The number of halogens is 4. The molecule has 0 unspecified atom stereocenters. The average Bonchev–Trinajstić information content (AvgIpc) is 1.84. The molecule has 0 aliphatic heterocycles. The van der Waals surface area contributed by atoms with Gasteiger partial charge in [0.25, 0.3) is 0 Å². The summed E-state index contributed by atoms with van der Waals surface area (Å²) in [4.78, 5) is 0. The molecule has 0 rings (SSSR count). The number of rotatable bonds is 4. The first-order valence-corrected chi connectivity index (χ1v) is 4.18. The van der Waals surface area contributed by atoms with Crippen molar-refractivity contribution in [2.75, 3.05) is 5.75 Å². The number of hydrogen-bond donors (Lipinski definition) is 0. The van der Waals surface area contributed by atoms with Crippen LogP contribution in [0.25, 0.3) is 0 Å². The van der Waals surface area contributed by atoms with Gasteiger partial charge in [0.1, 0.15) is 0 Å². The fraction of sp³-hybridized carbons (Fsp3) is 1.00. The third-order valence-corrected chi connectivity index (χ3v) is 2.15. The van der Waals surface area contributed by atoms with Crippen LogP contribution in [-0.2, 0) is 0 Å². The van der Waals surface area contributed by atoms with Crippen molar-refractivity contribution >= 4 is 11.8 Å². The molecule has 5 heteroatoms. The van der Waals surface area contributed by atoms with Crippen molar-refractivity contribution in [1.82, 2.24) is 0 Å². The van der Waals surface area contributed by atoms with Gasteiger partial charge in [-0.05, 0) is 5.25 Å². The van der Waals surface area contributed by atoms with Gasteiger partial charge in [-0.2, -0.15) is 20.5 Å². The van der Waals surface area contributed by atoms with Crippen molar-refractivity contribution in [1.29, 1.82) is 0 Å². The van der Waals surface area contributed by atoms with Crippen LogP contribution in [-0.4, -0.2) is 23.4 Å². The van der Waals surface area contributed by atoms with E-state index in [2.05, 4.69) is 0 Å². The summed E-state index contributed by atoms with van der Waals surface area (Å²) in [5.41, 5.74) is 0. The first kappa shape index (κ1) is 11.1. The summed E-state index contributed by atoms with van der Waals surface area (Å²) in [6.07, 6.45) is -3.55. The molecule has 0 atom stereocenters. The molecule has 0 saturated carbocycles. The van der Waals surface area contributed by atoms with E-state index in [0.717, 1.165) is 11.8 Å².